The van der Waals surface area contributed by atoms with Crippen molar-refractivity contribution in [1.29, 1.82) is 0 Å². The molecule has 0 aliphatic heterocycles. The van der Waals surface area contributed by atoms with Crippen LogP contribution in [-0.4, -0.2) is 12.5 Å². The number of nitrogens with two attached hydrogens (primary N) is 2. The molecule has 0 bridgehead atoms. The first-order valence-electron chi connectivity index (χ1n) is 7.10. The summed E-state index contributed by atoms with van der Waals surface area (Å²) in [5.41, 5.74) is 13.0. The van der Waals surface area contributed by atoms with Crippen LogP contribution in [0.4, 0.5) is 11.4 Å². The molecule has 1 fully saturated rings. The summed E-state index contributed by atoms with van der Waals surface area (Å²) in [7, 11) is 0. The quantitative estimate of drug-likeness (QED) is 0.544. The molecule has 5 N–H and O–H groups in total. The van der Waals surface area contributed by atoms with E-state index in [0.29, 0.717) is 11.3 Å². The normalized spacial score (nSPS) is 15.6. The molecule has 1 aromatic rings. The van der Waals surface area contributed by atoms with Crippen molar-refractivity contribution in [2.24, 2.45) is 11.7 Å². The molecule has 1 aliphatic rings. The largest absolute Gasteiger partial charge is 0.399 e. The van der Waals surface area contributed by atoms with Gasteiger partial charge in [-0.2, -0.15) is 0 Å². The molecule has 104 valence electrons. The van der Waals surface area contributed by atoms with Crippen molar-refractivity contribution >= 4 is 17.3 Å². The average Bonchev–Trinajstić information content (AvgIpc) is 2.87. The number of hydrogen-bond acceptors (Lipinski definition) is 3. The van der Waals surface area contributed by atoms with Gasteiger partial charge in [0.05, 0.1) is 5.56 Å². The van der Waals surface area contributed by atoms with Gasteiger partial charge in [-0.05, 0) is 37.0 Å². The van der Waals surface area contributed by atoms with Gasteiger partial charge in [0, 0.05) is 17.9 Å². The molecule has 1 amide bonds. The smallest absolute Gasteiger partial charge is 0.250 e. The molecule has 19 heavy (non-hydrogen) atoms. The molecule has 0 atom stereocenters. The van der Waals surface area contributed by atoms with Crippen LogP contribution in [0.15, 0.2) is 18.2 Å². The van der Waals surface area contributed by atoms with E-state index in [2.05, 4.69) is 5.32 Å². The third-order valence-corrected chi connectivity index (χ3v) is 3.89. The third kappa shape index (κ3) is 3.88. The van der Waals surface area contributed by atoms with E-state index < -0.39 is 5.91 Å². The van der Waals surface area contributed by atoms with Gasteiger partial charge < -0.3 is 16.8 Å². The predicted molar refractivity (Wildman–Crippen MR) is 79.1 cm³/mol. The summed E-state index contributed by atoms with van der Waals surface area (Å²) >= 11 is 0. The van der Waals surface area contributed by atoms with Crippen molar-refractivity contribution in [3.8, 4) is 0 Å². The first-order chi connectivity index (χ1) is 9.16. The summed E-state index contributed by atoms with van der Waals surface area (Å²) in [4.78, 5) is 11.3. The molecule has 0 aromatic heterocycles. The molecule has 0 heterocycles. The van der Waals surface area contributed by atoms with Gasteiger partial charge in [0.2, 0.25) is 0 Å². The molecule has 1 aliphatic carbocycles. The SMILES string of the molecule is NC(=O)c1ccc(N)cc1NCCCC1CCCC1. The number of primary amides is 1. The van der Waals surface area contributed by atoms with Crippen LogP contribution in [0.2, 0.25) is 0 Å². The Morgan fingerprint density at radius 3 is 2.74 bits per heavy atom. The minimum Gasteiger partial charge on any atom is -0.399 e. The van der Waals surface area contributed by atoms with E-state index in [4.69, 9.17) is 11.5 Å². The Kier molecular flexibility index (Phi) is 4.66. The van der Waals surface area contributed by atoms with Crippen LogP contribution in [-0.2, 0) is 0 Å². The van der Waals surface area contributed by atoms with E-state index in [-0.39, 0.29) is 0 Å². The number of rotatable bonds is 6. The van der Waals surface area contributed by atoms with Gasteiger partial charge >= 0.3 is 0 Å². The number of nitrogen functional groups attached to an aromatic ring is 1. The second kappa shape index (κ2) is 6.45. The fraction of sp³-hybridized carbons (Fsp3) is 0.533. The number of hydrogen-bond donors (Lipinski definition) is 3. The van der Waals surface area contributed by atoms with Crippen LogP contribution in [0.3, 0.4) is 0 Å². The highest BCUT2D eigenvalue weighted by atomic mass is 16.1. The predicted octanol–water partition coefficient (Wildman–Crippen LogP) is 2.75. The lowest BCUT2D eigenvalue weighted by molar-refractivity contribution is 0.100. The van der Waals surface area contributed by atoms with Crippen LogP contribution >= 0.6 is 0 Å². The molecule has 4 heteroatoms. The molecule has 1 saturated carbocycles. The van der Waals surface area contributed by atoms with E-state index in [0.717, 1.165) is 24.6 Å². The van der Waals surface area contributed by atoms with Gasteiger partial charge in [-0.3, -0.25) is 4.79 Å². The Balaban J connectivity index is 1.84. The molecule has 1 aromatic carbocycles. The number of carbonyl (C=O) groups excluding carboxylic acids is 1. The lowest BCUT2D eigenvalue weighted by Crippen LogP contribution is -2.15. The maximum atomic E-state index is 11.3. The molecule has 0 saturated heterocycles. The third-order valence-electron chi connectivity index (χ3n) is 3.89. The van der Waals surface area contributed by atoms with Crippen LogP contribution in [0.25, 0.3) is 0 Å². The highest BCUT2D eigenvalue weighted by Gasteiger charge is 2.14. The Labute approximate surface area is 114 Å². The standard InChI is InChI=1S/C15H23N3O/c16-12-7-8-13(15(17)19)14(10-12)18-9-3-6-11-4-1-2-5-11/h7-8,10-11,18H,1-6,9,16H2,(H2,17,19). The Morgan fingerprint density at radius 1 is 1.32 bits per heavy atom. The Morgan fingerprint density at radius 2 is 2.05 bits per heavy atom. The fourth-order valence-electron chi connectivity index (χ4n) is 2.84. The number of benzene rings is 1. The van der Waals surface area contributed by atoms with E-state index in [9.17, 15) is 4.79 Å². The van der Waals surface area contributed by atoms with E-state index >= 15 is 0 Å². The van der Waals surface area contributed by atoms with Crippen molar-refractivity contribution in [3.63, 3.8) is 0 Å². The number of carbonyl (C=O) groups is 1. The van der Waals surface area contributed by atoms with Gasteiger partial charge in [0.15, 0.2) is 0 Å². The highest BCUT2D eigenvalue weighted by Crippen LogP contribution is 2.28. The topological polar surface area (TPSA) is 81.1 Å². The molecule has 0 spiro atoms. The molecule has 4 nitrogen and oxygen atoms in total. The lowest BCUT2D eigenvalue weighted by Gasteiger charge is -2.12. The average molecular weight is 261 g/mol. The maximum absolute atomic E-state index is 11.3. The molecular formula is C15H23N3O. The number of amides is 1. The highest BCUT2D eigenvalue weighted by molar-refractivity contribution is 5.99. The van der Waals surface area contributed by atoms with E-state index in [1.807, 2.05) is 0 Å². The summed E-state index contributed by atoms with van der Waals surface area (Å²) in [5, 5.41) is 3.28. The Bertz CT molecular complexity index is 439. The molecule has 0 unspecified atom stereocenters. The summed E-state index contributed by atoms with van der Waals surface area (Å²) in [6.07, 6.45) is 7.92. The van der Waals surface area contributed by atoms with Crippen molar-refractivity contribution < 1.29 is 4.79 Å². The zero-order valence-corrected chi connectivity index (χ0v) is 11.3. The van der Waals surface area contributed by atoms with Gasteiger partial charge in [-0.25, -0.2) is 0 Å². The minimum absolute atomic E-state index is 0.418. The second-order valence-electron chi connectivity index (χ2n) is 5.39. The zero-order chi connectivity index (χ0) is 13.7. The number of anilines is 2. The van der Waals surface area contributed by atoms with Crippen molar-refractivity contribution in [2.45, 2.75) is 38.5 Å². The molecular weight excluding hydrogens is 238 g/mol. The van der Waals surface area contributed by atoms with Gasteiger partial charge in [-0.1, -0.05) is 25.7 Å². The van der Waals surface area contributed by atoms with Crippen molar-refractivity contribution in [2.75, 3.05) is 17.6 Å². The minimum atomic E-state index is -0.418. The van der Waals surface area contributed by atoms with Crippen molar-refractivity contribution in [3.05, 3.63) is 23.8 Å². The zero-order valence-electron chi connectivity index (χ0n) is 11.3. The molecule has 0 radical (unpaired) electrons. The van der Waals surface area contributed by atoms with Gasteiger partial charge in [0.25, 0.3) is 5.91 Å². The van der Waals surface area contributed by atoms with Crippen LogP contribution in [0, 0.1) is 5.92 Å². The summed E-state index contributed by atoms with van der Waals surface area (Å²) in [5.74, 6) is 0.483. The first kappa shape index (κ1) is 13.7. The fourth-order valence-corrected chi connectivity index (χ4v) is 2.84. The van der Waals surface area contributed by atoms with E-state index in [1.54, 1.807) is 18.2 Å². The van der Waals surface area contributed by atoms with Crippen molar-refractivity contribution in [1.82, 2.24) is 0 Å². The summed E-state index contributed by atoms with van der Waals surface area (Å²) in [6, 6.07) is 5.15. The van der Waals surface area contributed by atoms with Gasteiger partial charge in [0.1, 0.15) is 0 Å². The van der Waals surface area contributed by atoms with E-state index in [1.165, 1.54) is 32.1 Å². The summed E-state index contributed by atoms with van der Waals surface area (Å²) in [6.45, 7) is 0.861. The second-order valence-corrected chi connectivity index (χ2v) is 5.39. The first-order valence-corrected chi connectivity index (χ1v) is 7.10. The molecule has 2 rings (SSSR count). The Hall–Kier alpha value is -1.71. The van der Waals surface area contributed by atoms with Crippen LogP contribution in [0.5, 0.6) is 0 Å². The van der Waals surface area contributed by atoms with Crippen LogP contribution in [0.1, 0.15) is 48.9 Å². The van der Waals surface area contributed by atoms with Gasteiger partial charge in [-0.15, -0.1) is 0 Å². The van der Waals surface area contributed by atoms with Crippen LogP contribution < -0.4 is 16.8 Å². The maximum Gasteiger partial charge on any atom is 0.250 e. The lowest BCUT2D eigenvalue weighted by atomic mass is 10.0. The summed E-state index contributed by atoms with van der Waals surface area (Å²) < 4.78 is 0. The number of nitrogens with one attached hydrogen (secondary N) is 1. The monoisotopic (exact) mass is 261 g/mol.